The zero-order valence-electron chi connectivity index (χ0n) is 10.0. The fourth-order valence-corrected chi connectivity index (χ4v) is 3.45. The molecule has 3 fully saturated rings. The SMILES string of the molecule is O=C1N(CC2CCC2)CCC[C@]12CCNC2. The Morgan fingerprint density at radius 2 is 2.19 bits per heavy atom. The number of hydrogen-bond donors (Lipinski definition) is 1. The van der Waals surface area contributed by atoms with Gasteiger partial charge in [-0.3, -0.25) is 4.79 Å². The van der Waals surface area contributed by atoms with E-state index in [0.717, 1.165) is 44.9 Å². The first-order valence-corrected chi connectivity index (χ1v) is 6.80. The van der Waals surface area contributed by atoms with E-state index in [0.29, 0.717) is 5.91 Å². The van der Waals surface area contributed by atoms with E-state index in [1.54, 1.807) is 0 Å². The van der Waals surface area contributed by atoms with Crippen molar-refractivity contribution >= 4 is 5.91 Å². The molecule has 3 heteroatoms. The van der Waals surface area contributed by atoms with Gasteiger partial charge in [0.05, 0.1) is 5.41 Å². The third-order valence-electron chi connectivity index (χ3n) is 4.77. The van der Waals surface area contributed by atoms with Gasteiger partial charge in [0.2, 0.25) is 5.91 Å². The summed E-state index contributed by atoms with van der Waals surface area (Å²) in [6, 6.07) is 0. The predicted molar refractivity (Wildman–Crippen MR) is 63.1 cm³/mol. The number of carbonyl (C=O) groups is 1. The fourth-order valence-electron chi connectivity index (χ4n) is 3.45. The van der Waals surface area contributed by atoms with E-state index in [-0.39, 0.29) is 5.41 Å². The normalized spacial score (nSPS) is 35.8. The summed E-state index contributed by atoms with van der Waals surface area (Å²) in [7, 11) is 0. The van der Waals surface area contributed by atoms with Gasteiger partial charge in [-0.25, -0.2) is 0 Å². The molecule has 0 unspecified atom stereocenters. The minimum atomic E-state index is -0.0119. The molecule has 2 heterocycles. The molecule has 90 valence electrons. The van der Waals surface area contributed by atoms with Crippen molar-refractivity contribution in [2.45, 2.75) is 38.5 Å². The number of rotatable bonds is 2. The lowest BCUT2D eigenvalue weighted by molar-refractivity contribution is -0.146. The van der Waals surface area contributed by atoms with Gasteiger partial charge in [-0.1, -0.05) is 6.42 Å². The molecule has 1 spiro atoms. The van der Waals surface area contributed by atoms with Crippen LogP contribution in [0.2, 0.25) is 0 Å². The van der Waals surface area contributed by atoms with Crippen molar-refractivity contribution < 1.29 is 4.79 Å². The number of nitrogens with zero attached hydrogens (tertiary/aromatic N) is 1. The van der Waals surface area contributed by atoms with Gasteiger partial charge in [0.15, 0.2) is 0 Å². The van der Waals surface area contributed by atoms with Crippen LogP contribution in [0.4, 0.5) is 0 Å². The molecule has 0 aromatic carbocycles. The van der Waals surface area contributed by atoms with Crippen molar-refractivity contribution in [3.63, 3.8) is 0 Å². The highest BCUT2D eigenvalue weighted by Gasteiger charge is 2.46. The Bertz CT molecular complexity index is 280. The number of amides is 1. The summed E-state index contributed by atoms with van der Waals surface area (Å²) in [4.78, 5) is 14.7. The van der Waals surface area contributed by atoms with E-state index >= 15 is 0 Å². The maximum atomic E-state index is 12.5. The lowest BCUT2D eigenvalue weighted by Crippen LogP contribution is -2.51. The predicted octanol–water partition coefficient (Wildman–Crippen LogP) is 1.39. The van der Waals surface area contributed by atoms with Crippen LogP contribution in [0.1, 0.15) is 38.5 Å². The Morgan fingerprint density at radius 1 is 1.31 bits per heavy atom. The average molecular weight is 222 g/mol. The summed E-state index contributed by atoms with van der Waals surface area (Å²) in [5.41, 5.74) is -0.0119. The molecular weight excluding hydrogens is 200 g/mol. The van der Waals surface area contributed by atoms with Crippen molar-refractivity contribution in [2.75, 3.05) is 26.2 Å². The van der Waals surface area contributed by atoms with E-state index in [2.05, 4.69) is 10.2 Å². The molecule has 0 aromatic rings. The molecule has 1 atom stereocenters. The minimum absolute atomic E-state index is 0.0119. The van der Waals surface area contributed by atoms with Gasteiger partial charge in [0, 0.05) is 19.6 Å². The van der Waals surface area contributed by atoms with Crippen LogP contribution < -0.4 is 5.32 Å². The average Bonchev–Trinajstić information content (AvgIpc) is 2.68. The van der Waals surface area contributed by atoms with Gasteiger partial charge >= 0.3 is 0 Å². The van der Waals surface area contributed by atoms with Gasteiger partial charge in [-0.15, -0.1) is 0 Å². The van der Waals surface area contributed by atoms with Crippen molar-refractivity contribution in [1.82, 2.24) is 10.2 Å². The summed E-state index contributed by atoms with van der Waals surface area (Å²) in [5.74, 6) is 1.27. The van der Waals surface area contributed by atoms with Crippen molar-refractivity contribution in [3.8, 4) is 0 Å². The molecule has 1 N–H and O–H groups in total. The van der Waals surface area contributed by atoms with E-state index in [4.69, 9.17) is 0 Å². The largest absolute Gasteiger partial charge is 0.342 e. The lowest BCUT2D eigenvalue weighted by Gasteiger charge is -2.41. The standard InChI is InChI=1S/C13H22N2O/c16-12-13(6-7-14-10-13)5-2-8-15(12)9-11-3-1-4-11/h11,14H,1-10H2/t13-/m1/s1. The molecule has 2 aliphatic heterocycles. The summed E-state index contributed by atoms with van der Waals surface area (Å²) in [5, 5.41) is 3.37. The van der Waals surface area contributed by atoms with E-state index in [1.807, 2.05) is 0 Å². The molecule has 0 bridgehead atoms. The molecule has 3 aliphatic rings. The second-order valence-corrected chi connectivity index (χ2v) is 5.86. The Morgan fingerprint density at radius 3 is 2.81 bits per heavy atom. The monoisotopic (exact) mass is 222 g/mol. The van der Waals surface area contributed by atoms with Gasteiger partial charge in [0.25, 0.3) is 0 Å². The zero-order valence-corrected chi connectivity index (χ0v) is 10.0. The van der Waals surface area contributed by atoms with Crippen molar-refractivity contribution in [3.05, 3.63) is 0 Å². The van der Waals surface area contributed by atoms with E-state index in [9.17, 15) is 4.79 Å². The topological polar surface area (TPSA) is 32.3 Å². The molecule has 1 aliphatic carbocycles. The first-order chi connectivity index (χ1) is 7.80. The molecule has 1 saturated carbocycles. The van der Waals surface area contributed by atoms with Gasteiger partial charge in [-0.05, 0) is 44.6 Å². The highest BCUT2D eigenvalue weighted by atomic mass is 16.2. The highest BCUT2D eigenvalue weighted by molar-refractivity contribution is 5.84. The number of carbonyl (C=O) groups excluding carboxylic acids is 1. The highest BCUT2D eigenvalue weighted by Crippen LogP contribution is 2.38. The van der Waals surface area contributed by atoms with Gasteiger partial charge in [0.1, 0.15) is 0 Å². The van der Waals surface area contributed by atoms with Crippen LogP contribution in [-0.4, -0.2) is 37.0 Å². The van der Waals surface area contributed by atoms with Gasteiger partial charge in [-0.2, -0.15) is 0 Å². The summed E-state index contributed by atoms with van der Waals surface area (Å²) in [6.45, 7) is 4.01. The summed E-state index contributed by atoms with van der Waals surface area (Å²) < 4.78 is 0. The number of nitrogens with one attached hydrogen (secondary N) is 1. The number of hydrogen-bond acceptors (Lipinski definition) is 2. The summed E-state index contributed by atoms with van der Waals surface area (Å²) in [6.07, 6.45) is 7.44. The van der Waals surface area contributed by atoms with Gasteiger partial charge < -0.3 is 10.2 Å². The van der Waals surface area contributed by atoms with Crippen LogP contribution in [0.15, 0.2) is 0 Å². The fraction of sp³-hybridized carbons (Fsp3) is 0.923. The number of likely N-dealkylation sites (tertiary alicyclic amines) is 1. The Hall–Kier alpha value is -0.570. The lowest BCUT2D eigenvalue weighted by atomic mass is 9.77. The smallest absolute Gasteiger partial charge is 0.230 e. The molecule has 1 amide bonds. The molecule has 3 rings (SSSR count). The molecule has 16 heavy (non-hydrogen) atoms. The summed E-state index contributed by atoms with van der Waals surface area (Å²) >= 11 is 0. The molecule has 0 aromatic heterocycles. The van der Waals surface area contributed by atoms with Crippen LogP contribution >= 0.6 is 0 Å². The second-order valence-electron chi connectivity index (χ2n) is 5.86. The first-order valence-electron chi connectivity index (χ1n) is 6.80. The molecule has 3 nitrogen and oxygen atoms in total. The third-order valence-corrected chi connectivity index (χ3v) is 4.77. The molecule has 0 radical (unpaired) electrons. The Kier molecular flexibility index (Phi) is 2.66. The van der Waals surface area contributed by atoms with E-state index in [1.165, 1.54) is 25.7 Å². The quantitative estimate of drug-likeness (QED) is 0.765. The third kappa shape index (κ3) is 1.65. The van der Waals surface area contributed by atoms with Crippen molar-refractivity contribution in [1.29, 1.82) is 0 Å². The van der Waals surface area contributed by atoms with Crippen LogP contribution in [0.25, 0.3) is 0 Å². The Labute approximate surface area is 97.6 Å². The van der Waals surface area contributed by atoms with Crippen LogP contribution in [0, 0.1) is 11.3 Å². The second kappa shape index (κ2) is 4.02. The van der Waals surface area contributed by atoms with E-state index < -0.39 is 0 Å². The molecular formula is C13H22N2O. The first kappa shape index (κ1) is 10.6. The minimum Gasteiger partial charge on any atom is -0.342 e. The van der Waals surface area contributed by atoms with Crippen LogP contribution in [0.3, 0.4) is 0 Å². The number of piperidine rings is 1. The maximum Gasteiger partial charge on any atom is 0.230 e. The maximum absolute atomic E-state index is 12.5. The Balaban J connectivity index is 1.67. The van der Waals surface area contributed by atoms with Crippen LogP contribution in [0.5, 0.6) is 0 Å². The molecule has 2 saturated heterocycles. The van der Waals surface area contributed by atoms with Crippen LogP contribution in [-0.2, 0) is 4.79 Å². The van der Waals surface area contributed by atoms with Crippen molar-refractivity contribution in [2.24, 2.45) is 11.3 Å². The zero-order chi connectivity index (χ0) is 11.0.